The van der Waals surface area contributed by atoms with Crippen LogP contribution in [0.2, 0.25) is 0 Å². The molecule has 3 nitrogen and oxygen atoms in total. The molecule has 0 unspecified atom stereocenters. The second kappa shape index (κ2) is 6.77. The van der Waals surface area contributed by atoms with E-state index in [1.807, 2.05) is 6.92 Å². The van der Waals surface area contributed by atoms with Gasteiger partial charge in [0, 0.05) is 14.2 Å². The summed E-state index contributed by atoms with van der Waals surface area (Å²) < 4.78 is 10.2. The third-order valence-electron chi connectivity index (χ3n) is 2.45. The first-order valence-electron chi connectivity index (χ1n) is 5.02. The molecule has 2 atom stereocenters. The summed E-state index contributed by atoms with van der Waals surface area (Å²) in [4.78, 5) is 0. The van der Waals surface area contributed by atoms with E-state index in [9.17, 15) is 5.11 Å². The summed E-state index contributed by atoms with van der Waals surface area (Å²) in [5.41, 5.74) is -0.0117. The summed E-state index contributed by atoms with van der Waals surface area (Å²) in [5, 5.41) is 10.0. The van der Waals surface area contributed by atoms with Gasteiger partial charge in [0.05, 0.1) is 12.7 Å². The van der Waals surface area contributed by atoms with Gasteiger partial charge in [0.25, 0.3) is 0 Å². The lowest BCUT2D eigenvalue weighted by molar-refractivity contribution is -0.00992. The maximum atomic E-state index is 10.0. The van der Waals surface area contributed by atoms with E-state index in [0.29, 0.717) is 12.8 Å². The van der Waals surface area contributed by atoms with Gasteiger partial charge < -0.3 is 14.6 Å². The fraction of sp³-hybridized carbons (Fsp3) is 0.667. The molecule has 0 saturated carbocycles. The summed E-state index contributed by atoms with van der Waals surface area (Å²) in [6, 6.07) is 0. The van der Waals surface area contributed by atoms with Crippen LogP contribution in [0.25, 0.3) is 0 Å². The molecule has 1 N–H and O–H groups in total. The van der Waals surface area contributed by atoms with Crippen molar-refractivity contribution in [3.8, 4) is 0 Å². The van der Waals surface area contributed by atoms with Gasteiger partial charge in [-0.15, -0.1) is 6.58 Å². The molecule has 3 heteroatoms. The van der Waals surface area contributed by atoms with Gasteiger partial charge in [0.2, 0.25) is 0 Å². The molecule has 0 rings (SSSR count). The summed E-state index contributed by atoms with van der Waals surface area (Å²) in [6.07, 6.45) is 2.75. The van der Waals surface area contributed by atoms with Crippen molar-refractivity contribution >= 4 is 0 Å². The van der Waals surface area contributed by atoms with Gasteiger partial charge in [-0.25, -0.2) is 0 Å². The van der Waals surface area contributed by atoms with Gasteiger partial charge in [-0.1, -0.05) is 18.2 Å². The Morgan fingerprint density at radius 1 is 1.53 bits per heavy atom. The summed E-state index contributed by atoms with van der Waals surface area (Å²) in [7, 11) is 3.20. The van der Waals surface area contributed by atoms with Crippen LogP contribution in [0.3, 0.4) is 0 Å². The molecule has 0 aromatic carbocycles. The highest BCUT2D eigenvalue weighted by atomic mass is 16.5. The third-order valence-corrected chi connectivity index (χ3v) is 2.45. The molecule has 0 aromatic rings. The average molecular weight is 214 g/mol. The van der Waals surface area contributed by atoms with Crippen LogP contribution in [0.15, 0.2) is 24.8 Å². The van der Waals surface area contributed by atoms with E-state index < -0.39 is 5.60 Å². The van der Waals surface area contributed by atoms with Crippen LogP contribution in [0.4, 0.5) is 0 Å². The van der Waals surface area contributed by atoms with Crippen LogP contribution in [-0.2, 0) is 9.47 Å². The maximum Gasteiger partial charge on any atom is 0.106 e. The topological polar surface area (TPSA) is 38.7 Å². The third kappa shape index (κ3) is 5.11. The molecule has 0 saturated heterocycles. The predicted octanol–water partition coefficient (Wildman–Crippen LogP) is 1.92. The highest BCUT2D eigenvalue weighted by Crippen LogP contribution is 2.19. The summed E-state index contributed by atoms with van der Waals surface area (Å²) >= 11 is 0. The lowest BCUT2D eigenvalue weighted by Gasteiger charge is -2.25. The van der Waals surface area contributed by atoms with Crippen LogP contribution in [0, 0.1) is 0 Å². The first-order chi connectivity index (χ1) is 6.99. The Morgan fingerprint density at radius 3 is 2.47 bits per heavy atom. The van der Waals surface area contributed by atoms with Crippen LogP contribution in [0.5, 0.6) is 0 Å². The molecule has 0 fully saturated rings. The quantitative estimate of drug-likeness (QED) is 0.627. The Balaban J connectivity index is 4.20. The molecule has 88 valence electrons. The molecule has 0 aromatic heterocycles. The SMILES string of the molecule is C=C[C@@](O)(CC[C@@H](OC)C(=C)C)COC. The lowest BCUT2D eigenvalue weighted by atomic mass is 9.95. The largest absolute Gasteiger partial charge is 0.383 e. The van der Waals surface area contributed by atoms with E-state index in [0.717, 1.165) is 5.57 Å². The zero-order chi connectivity index (χ0) is 11.9. The zero-order valence-corrected chi connectivity index (χ0v) is 9.95. The monoisotopic (exact) mass is 214 g/mol. The van der Waals surface area contributed by atoms with E-state index in [-0.39, 0.29) is 12.7 Å². The van der Waals surface area contributed by atoms with Crippen LogP contribution < -0.4 is 0 Å². The van der Waals surface area contributed by atoms with E-state index in [4.69, 9.17) is 9.47 Å². The first kappa shape index (κ1) is 14.4. The van der Waals surface area contributed by atoms with Crippen molar-refractivity contribution in [3.05, 3.63) is 24.8 Å². The van der Waals surface area contributed by atoms with E-state index in [2.05, 4.69) is 13.2 Å². The highest BCUT2D eigenvalue weighted by molar-refractivity contribution is 5.01. The minimum absolute atomic E-state index is 0.0201. The number of aliphatic hydroxyl groups is 1. The van der Waals surface area contributed by atoms with Crippen molar-refractivity contribution in [1.29, 1.82) is 0 Å². The fourth-order valence-electron chi connectivity index (χ4n) is 1.43. The Kier molecular flexibility index (Phi) is 6.48. The fourth-order valence-corrected chi connectivity index (χ4v) is 1.43. The van der Waals surface area contributed by atoms with Gasteiger partial charge in [0.1, 0.15) is 5.60 Å². The number of rotatable bonds is 8. The molecular weight excluding hydrogens is 192 g/mol. The Bertz CT molecular complexity index is 213. The van der Waals surface area contributed by atoms with Gasteiger partial charge in [-0.3, -0.25) is 0 Å². The molecule has 0 radical (unpaired) electrons. The normalized spacial score (nSPS) is 16.8. The number of ether oxygens (including phenoxy) is 2. The predicted molar refractivity (Wildman–Crippen MR) is 61.9 cm³/mol. The van der Waals surface area contributed by atoms with Crippen molar-refractivity contribution in [2.75, 3.05) is 20.8 Å². The minimum atomic E-state index is -0.971. The van der Waals surface area contributed by atoms with Gasteiger partial charge >= 0.3 is 0 Å². The second-order valence-electron chi connectivity index (χ2n) is 3.85. The lowest BCUT2D eigenvalue weighted by Crippen LogP contribution is -2.33. The zero-order valence-electron chi connectivity index (χ0n) is 9.95. The van der Waals surface area contributed by atoms with Crippen molar-refractivity contribution in [2.24, 2.45) is 0 Å². The Labute approximate surface area is 92.4 Å². The molecule has 0 bridgehead atoms. The van der Waals surface area contributed by atoms with Crippen molar-refractivity contribution in [3.63, 3.8) is 0 Å². The smallest absolute Gasteiger partial charge is 0.106 e. The number of hydrogen-bond acceptors (Lipinski definition) is 3. The molecule has 15 heavy (non-hydrogen) atoms. The first-order valence-corrected chi connectivity index (χ1v) is 5.02. The van der Waals surface area contributed by atoms with Crippen LogP contribution in [0.1, 0.15) is 19.8 Å². The molecule has 0 aliphatic rings. The standard InChI is InChI=1S/C12H22O3/c1-6-12(13,9-14-4)8-7-11(15-5)10(2)3/h6,11,13H,1-2,7-9H2,3-5H3/t11-,12-/m1/s1. The van der Waals surface area contributed by atoms with Gasteiger partial charge in [-0.2, -0.15) is 0 Å². The van der Waals surface area contributed by atoms with Gasteiger partial charge in [0.15, 0.2) is 0 Å². The molecule has 0 amide bonds. The van der Waals surface area contributed by atoms with Crippen LogP contribution >= 0.6 is 0 Å². The maximum absolute atomic E-state index is 10.0. The Hall–Kier alpha value is -0.640. The summed E-state index contributed by atoms with van der Waals surface area (Å²) in [5.74, 6) is 0. The van der Waals surface area contributed by atoms with Crippen LogP contribution in [-0.4, -0.2) is 37.6 Å². The number of methoxy groups -OCH3 is 2. The van der Waals surface area contributed by atoms with Crippen molar-refractivity contribution in [2.45, 2.75) is 31.5 Å². The van der Waals surface area contributed by atoms with E-state index in [1.165, 1.54) is 6.08 Å². The van der Waals surface area contributed by atoms with Crippen molar-refractivity contribution < 1.29 is 14.6 Å². The molecular formula is C12H22O3. The van der Waals surface area contributed by atoms with Crippen molar-refractivity contribution in [1.82, 2.24) is 0 Å². The van der Waals surface area contributed by atoms with E-state index >= 15 is 0 Å². The molecule has 0 heterocycles. The molecule has 0 aliphatic heterocycles. The number of hydrogen-bond donors (Lipinski definition) is 1. The second-order valence-corrected chi connectivity index (χ2v) is 3.85. The highest BCUT2D eigenvalue weighted by Gasteiger charge is 2.24. The molecule has 0 aliphatic carbocycles. The average Bonchev–Trinajstić information content (AvgIpc) is 2.18. The van der Waals surface area contributed by atoms with E-state index in [1.54, 1.807) is 14.2 Å². The minimum Gasteiger partial charge on any atom is -0.383 e. The van der Waals surface area contributed by atoms with Gasteiger partial charge in [-0.05, 0) is 19.8 Å². The summed E-state index contributed by atoms with van der Waals surface area (Å²) in [6.45, 7) is 9.61. The molecule has 0 spiro atoms. The Morgan fingerprint density at radius 2 is 2.13 bits per heavy atom.